The van der Waals surface area contributed by atoms with E-state index >= 15 is 0 Å². The summed E-state index contributed by atoms with van der Waals surface area (Å²) in [4.78, 5) is 27.8. The monoisotopic (exact) mass is 570 g/mol. The molecule has 0 heterocycles. The van der Waals surface area contributed by atoms with Crippen molar-refractivity contribution in [2.75, 3.05) is 24.9 Å². The van der Waals surface area contributed by atoms with Crippen LogP contribution in [0.25, 0.3) is 0 Å². The van der Waals surface area contributed by atoms with E-state index in [-0.39, 0.29) is 24.2 Å². The number of anilines is 1. The zero-order chi connectivity index (χ0) is 26.3. The summed E-state index contributed by atoms with van der Waals surface area (Å²) in [6.07, 6.45) is 0.709. The van der Waals surface area contributed by atoms with E-state index in [0.717, 1.165) is 24.7 Å². The van der Waals surface area contributed by atoms with Gasteiger partial charge in [-0.2, -0.15) is 12.7 Å². The van der Waals surface area contributed by atoms with Gasteiger partial charge in [-0.3, -0.25) is 9.59 Å². The highest BCUT2D eigenvalue weighted by Crippen LogP contribution is 2.24. The SMILES string of the molecule is CC[C@@H](C)NC(=O)[C@@H](C)N(Cc1cccc(Br)c1)C(=O)CN(c1ccccc1F)S(=O)(=O)N(C)C. The van der Waals surface area contributed by atoms with Gasteiger partial charge >= 0.3 is 10.2 Å². The number of rotatable bonds is 11. The molecule has 192 valence electrons. The zero-order valence-corrected chi connectivity index (χ0v) is 22.9. The van der Waals surface area contributed by atoms with Gasteiger partial charge < -0.3 is 10.2 Å². The predicted molar refractivity (Wildman–Crippen MR) is 138 cm³/mol. The number of benzene rings is 2. The molecular formula is C24H32BrFN4O4S. The number of halogens is 2. The summed E-state index contributed by atoms with van der Waals surface area (Å²) in [5, 5.41) is 2.86. The molecule has 0 aliphatic rings. The minimum absolute atomic E-state index is 0.0560. The fourth-order valence-corrected chi connectivity index (χ4v) is 4.75. The maximum atomic E-state index is 14.6. The van der Waals surface area contributed by atoms with Crippen molar-refractivity contribution in [3.8, 4) is 0 Å². The number of nitrogens with one attached hydrogen (secondary N) is 1. The topological polar surface area (TPSA) is 90.0 Å². The van der Waals surface area contributed by atoms with Gasteiger partial charge in [0.2, 0.25) is 11.8 Å². The highest BCUT2D eigenvalue weighted by molar-refractivity contribution is 9.10. The fraction of sp³-hybridized carbons (Fsp3) is 0.417. The Morgan fingerprint density at radius 1 is 1.09 bits per heavy atom. The van der Waals surface area contributed by atoms with Gasteiger partial charge in [0.15, 0.2) is 0 Å². The molecule has 2 atom stereocenters. The third-order valence-corrected chi connectivity index (χ3v) is 7.85. The molecule has 2 aromatic carbocycles. The van der Waals surface area contributed by atoms with E-state index in [0.29, 0.717) is 6.42 Å². The average molecular weight is 572 g/mol. The first-order valence-electron chi connectivity index (χ1n) is 11.2. The standard InChI is InChI=1S/C24H32BrFN4O4S/c1-6-17(2)27-24(32)18(3)29(15-19-10-9-11-20(25)14-19)23(31)16-30(35(33,34)28(4)5)22-13-8-7-12-21(22)26/h7-14,17-18H,6,15-16H2,1-5H3,(H,27,32)/t17-,18-/m1/s1. The first kappa shape index (κ1) is 28.7. The van der Waals surface area contributed by atoms with Crippen LogP contribution in [0, 0.1) is 5.82 Å². The summed E-state index contributed by atoms with van der Waals surface area (Å²) >= 11 is 3.40. The van der Waals surface area contributed by atoms with Gasteiger partial charge in [0.1, 0.15) is 18.4 Å². The zero-order valence-electron chi connectivity index (χ0n) is 20.5. The van der Waals surface area contributed by atoms with Crippen LogP contribution in [0.4, 0.5) is 10.1 Å². The van der Waals surface area contributed by atoms with Gasteiger partial charge in [-0.1, -0.05) is 47.1 Å². The highest BCUT2D eigenvalue weighted by atomic mass is 79.9. The van der Waals surface area contributed by atoms with Crippen molar-refractivity contribution in [2.24, 2.45) is 0 Å². The number of nitrogens with zero attached hydrogens (tertiary/aromatic N) is 3. The number of carbonyl (C=O) groups is 2. The Morgan fingerprint density at radius 2 is 1.74 bits per heavy atom. The first-order chi connectivity index (χ1) is 16.4. The van der Waals surface area contributed by atoms with Gasteiger partial charge in [-0.25, -0.2) is 8.70 Å². The van der Waals surface area contributed by atoms with E-state index in [1.54, 1.807) is 19.1 Å². The van der Waals surface area contributed by atoms with Crippen molar-refractivity contribution in [1.82, 2.24) is 14.5 Å². The maximum Gasteiger partial charge on any atom is 0.304 e. The van der Waals surface area contributed by atoms with Gasteiger partial charge in [0, 0.05) is 31.2 Å². The molecule has 0 radical (unpaired) electrons. The normalized spacial score (nSPS) is 13.3. The number of hydrogen-bond acceptors (Lipinski definition) is 4. The molecule has 8 nitrogen and oxygen atoms in total. The lowest BCUT2D eigenvalue weighted by molar-refractivity contribution is -0.139. The summed E-state index contributed by atoms with van der Waals surface area (Å²) in [5.41, 5.74) is 0.484. The fourth-order valence-electron chi connectivity index (χ4n) is 3.24. The van der Waals surface area contributed by atoms with E-state index in [1.165, 1.54) is 37.2 Å². The smallest absolute Gasteiger partial charge is 0.304 e. The van der Waals surface area contributed by atoms with Crippen LogP contribution in [0.1, 0.15) is 32.8 Å². The molecule has 1 N–H and O–H groups in total. The quantitative estimate of drug-likeness (QED) is 0.447. The summed E-state index contributed by atoms with van der Waals surface area (Å²) in [6.45, 7) is 4.74. The Hall–Kier alpha value is -2.50. The Bertz CT molecular complexity index is 1150. The van der Waals surface area contributed by atoms with Crippen LogP contribution in [-0.4, -0.2) is 62.2 Å². The van der Waals surface area contributed by atoms with Crippen LogP contribution < -0.4 is 9.62 Å². The van der Waals surface area contributed by atoms with Crippen LogP contribution in [0.5, 0.6) is 0 Å². The van der Waals surface area contributed by atoms with Gasteiger partial charge in [-0.15, -0.1) is 0 Å². The van der Waals surface area contributed by atoms with E-state index in [2.05, 4.69) is 21.2 Å². The maximum absolute atomic E-state index is 14.6. The number of carbonyl (C=O) groups excluding carboxylic acids is 2. The summed E-state index contributed by atoms with van der Waals surface area (Å²) in [7, 11) is -1.62. The first-order valence-corrected chi connectivity index (χ1v) is 13.4. The second-order valence-electron chi connectivity index (χ2n) is 8.39. The van der Waals surface area contributed by atoms with Gasteiger partial charge in [0.05, 0.1) is 5.69 Å². The predicted octanol–water partition coefficient (Wildman–Crippen LogP) is 3.53. The van der Waals surface area contributed by atoms with Crippen molar-refractivity contribution in [3.63, 3.8) is 0 Å². The highest BCUT2D eigenvalue weighted by Gasteiger charge is 2.33. The van der Waals surface area contributed by atoms with E-state index in [4.69, 9.17) is 0 Å². The lowest BCUT2D eigenvalue weighted by atomic mass is 10.1. The van der Waals surface area contributed by atoms with Gasteiger partial charge in [-0.05, 0) is 50.1 Å². The second kappa shape index (κ2) is 12.5. The third kappa shape index (κ3) is 7.49. The largest absolute Gasteiger partial charge is 0.352 e. The van der Waals surface area contributed by atoms with Crippen molar-refractivity contribution >= 4 is 43.6 Å². The Labute approximate surface area is 215 Å². The van der Waals surface area contributed by atoms with E-state index in [1.807, 2.05) is 26.0 Å². The minimum Gasteiger partial charge on any atom is -0.352 e. The Morgan fingerprint density at radius 3 is 2.31 bits per heavy atom. The molecule has 2 rings (SSSR count). The second-order valence-corrected chi connectivity index (χ2v) is 11.4. The molecule has 0 saturated carbocycles. The molecule has 0 unspecified atom stereocenters. The van der Waals surface area contributed by atoms with Crippen molar-refractivity contribution in [1.29, 1.82) is 0 Å². The lowest BCUT2D eigenvalue weighted by Crippen LogP contribution is -2.53. The number of para-hydroxylation sites is 1. The molecule has 0 aliphatic heterocycles. The Balaban J connectivity index is 2.47. The summed E-state index contributed by atoms with van der Waals surface area (Å²) in [6, 6.07) is 11.6. The lowest BCUT2D eigenvalue weighted by Gasteiger charge is -2.33. The van der Waals surface area contributed by atoms with Gasteiger partial charge in [0.25, 0.3) is 0 Å². The van der Waals surface area contributed by atoms with E-state index in [9.17, 15) is 22.4 Å². The molecule has 0 bridgehead atoms. The number of amides is 2. The molecule has 2 amide bonds. The molecule has 11 heteroatoms. The van der Waals surface area contributed by atoms with Crippen LogP contribution in [0.2, 0.25) is 0 Å². The Kier molecular flexibility index (Phi) is 10.2. The van der Waals surface area contributed by atoms with Crippen LogP contribution in [0.3, 0.4) is 0 Å². The molecule has 0 aromatic heterocycles. The minimum atomic E-state index is -4.22. The molecule has 2 aromatic rings. The summed E-state index contributed by atoms with van der Waals surface area (Å²) in [5.74, 6) is -1.80. The van der Waals surface area contributed by atoms with Crippen LogP contribution >= 0.6 is 15.9 Å². The van der Waals surface area contributed by atoms with Crippen molar-refractivity contribution < 1.29 is 22.4 Å². The van der Waals surface area contributed by atoms with E-state index < -0.39 is 34.5 Å². The van der Waals surface area contributed by atoms with Crippen molar-refractivity contribution in [3.05, 3.63) is 64.4 Å². The molecule has 35 heavy (non-hydrogen) atoms. The van der Waals surface area contributed by atoms with Crippen LogP contribution in [0.15, 0.2) is 53.0 Å². The molecule has 0 saturated heterocycles. The molecule has 0 spiro atoms. The summed E-state index contributed by atoms with van der Waals surface area (Å²) < 4.78 is 43.2. The molecular weight excluding hydrogens is 539 g/mol. The molecule has 0 fully saturated rings. The van der Waals surface area contributed by atoms with Crippen molar-refractivity contribution in [2.45, 2.75) is 45.8 Å². The average Bonchev–Trinajstić information content (AvgIpc) is 2.80. The third-order valence-electron chi connectivity index (χ3n) is 5.55. The van der Waals surface area contributed by atoms with Crippen LogP contribution in [-0.2, 0) is 26.3 Å². The molecule has 0 aliphatic carbocycles. The number of hydrogen-bond donors (Lipinski definition) is 1.